The Morgan fingerprint density at radius 1 is 0.980 bits per heavy atom. The summed E-state index contributed by atoms with van der Waals surface area (Å²) in [5.74, 6) is 0.213. The number of amides is 1. The Labute approximate surface area is 303 Å². The number of thioether (sulfide) groups is 1. The zero-order valence-electron chi connectivity index (χ0n) is 28.8. The number of carbonyl (C=O) groups is 3. The van der Waals surface area contributed by atoms with E-state index in [9.17, 15) is 19.5 Å². The summed E-state index contributed by atoms with van der Waals surface area (Å²) < 4.78 is 13.0. The van der Waals surface area contributed by atoms with E-state index in [0.717, 1.165) is 25.4 Å². The van der Waals surface area contributed by atoms with Crippen LogP contribution >= 0.6 is 23.4 Å². The van der Waals surface area contributed by atoms with Gasteiger partial charge in [0.2, 0.25) is 5.91 Å². The Balaban J connectivity index is 1.09. The first-order chi connectivity index (χ1) is 24.2. The molecule has 0 saturated carbocycles. The van der Waals surface area contributed by atoms with Gasteiger partial charge in [0.15, 0.2) is 0 Å². The maximum atomic E-state index is 13.7. The third-order valence-corrected chi connectivity index (χ3v) is 10.4. The second kappa shape index (κ2) is 18.3. The molecule has 1 unspecified atom stereocenters. The third-order valence-electron chi connectivity index (χ3n) is 9.08. The van der Waals surface area contributed by atoms with Gasteiger partial charge in [-0.3, -0.25) is 23.9 Å². The number of ether oxygens (including phenoxy) is 2. The number of carbonyl (C=O) groups excluding carboxylic acids is 2. The largest absolute Gasteiger partial charge is 0.497 e. The van der Waals surface area contributed by atoms with E-state index >= 15 is 0 Å². The van der Waals surface area contributed by atoms with E-state index in [2.05, 4.69) is 22.3 Å². The molecular weight excluding hydrogens is 674 g/mol. The zero-order valence-corrected chi connectivity index (χ0v) is 30.4. The molecular formula is C39H46ClN3O6S. The summed E-state index contributed by atoms with van der Waals surface area (Å²) in [5, 5.41) is 14.5. The smallest absolute Gasteiger partial charge is 0.311 e. The Bertz CT molecular complexity index is 1770. The number of benzene rings is 3. The average molecular weight is 720 g/mol. The first kappa shape index (κ1) is 37.3. The fraction of sp³-hybridized carbons (Fsp3) is 0.410. The van der Waals surface area contributed by atoms with Crippen molar-refractivity contribution in [2.45, 2.75) is 57.9 Å². The molecule has 1 amide bonds. The molecule has 1 aliphatic rings. The molecule has 1 fully saturated rings. The normalized spacial score (nSPS) is 14.0. The number of piperidine rings is 1. The SMILES string of the molecule is COc1ccc2c(c1)c(C(CCCSCC(=O)NCCCOc1cccc(CN3CCCCC3)c1)C(=O)O)c(C)n2C(=O)c1ccc(Cl)cc1. The number of nitrogens with one attached hydrogen (secondary N) is 1. The average Bonchev–Trinajstić information content (AvgIpc) is 3.40. The van der Waals surface area contributed by atoms with Gasteiger partial charge in [-0.2, -0.15) is 11.8 Å². The second-order valence-electron chi connectivity index (χ2n) is 12.7. The van der Waals surface area contributed by atoms with Crippen LogP contribution in [-0.2, 0) is 16.1 Å². The highest BCUT2D eigenvalue weighted by Crippen LogP contribution is 2.37. The fourth-order valence-electron chi connectivity index (χ4n) is 6.57. The number of carboxylic acids is 1. The fourth-order valence-corrected chi connectivity index (χ4v) is 7.50. The van der Waals surface area contributed by atoms with Crippen molar-refractivity contribution in [2.24, 2.45) is 0 Å². The number of methoxy groups -OCH3 is 1. The number of carboxylic acid groups (broad SMARTS) is 1. The van der Waals surface area contributed by atoms with Gasteiger partial charge in [-0.15, -0.1) is 0 Å². The van der Waals surface area contributed by atoms with Crippen molar-refractivity contribution in [1.82, 2.24) is 14.8 Å². The number of aromatic nitrogens is 1. The summed E-state index contributed by atoms with van der Waals surface area (Å²) in [6, 6.07) is 20.2. The first-order valence-corrected chi connectivity index (χ1v) is 18.8. The van der Waals surface area contributed by atoms with E-state index in [1.807, 2.05) is 12.1 Å². The molecule has 1 aliphatic heterocycles. The predicted octanol–water partition coefficient (Wildman–Crippen LogP) is 7.55. The molecule has 0 aliphatic carbocycles. The van der Waals surface area contributed by atoms with Crippen LogP contribution in [-0.4, -0.2) is 77.2 Å². The second-order valence-corrected chi connectivity index (χ2v) is 14.2. The monoisotopic (exact) mass is 719 g/mol. The number of hydrogen-bond acceptors (Lipinski definition) is 7. The van der Waals surface area contributed by atoms with Crippen molar-refractivity contribution >= 4 is 52.0 Å². The van der Waals surface area contributed by atoms with Gasteiger partial charge in [0.25, 0.3) is 5.91 Å². The minimum absolute atomic E-state index is 0.0555. The van der Waals surface area contributed by atoms with Crippen molar-refractivity contribution in [2.75, 3.05) is 44.9 Å². The third kappa shape index (κ3) is 9.83. The lowest BCUT2D eigenvalue weighted by Gasteiger charge is -2.26. The topological polar surface area (TPSA) is 110 Å². The van der Waals surface area contributed by atoms with E-state index in [1.54, 1.807) is 61.1 Å². The number of nitrogens with zero attached hydrogens (tertiary/aromatic N) is 2. The standard InChI is InChI=1S/C39H46ClN3O6S/c1-27-37(34-24-31(48-2)16-17-35(34)43(27)38(45)29-12-14-30(40)15-13-29)33(39(46)47)11-7-22-50-26-36(44)41-18-8-21-49-32-10-6-9-28(23-32)25-42-19-4-3-5-20-42/h6,9-10,12-17,23-24,33H,3-5,7-8,11,18-22,25-26H2,1-2H3,(H,41,44)(H,46,47). The van der Waals surface area contributed by atoms with Crippen molar-refractivity contribution in [3.05, 3.63) is 94.1 Å². The number of aliphatic carboxylic acids is 1. The van der Waals surface area contributed by atoms with Crippen LogP contribution in [0.4, 0.5) is 0 Å². The molecule has 11 heteroatoms. The van der Waals surface area contributed by atoms with Crippen LogP contribution in [0.5, 0.6) is 11.5 Å². The number of hydrogen-bond donors (Lipinski definition) is 2. The van der Waals surface area contributed by atoms with Crippen LogP contribution in [0.1, 0.15) is 71.6 Å². The van der Waals surface area contributed by atoms with Crippen LogP contribution in [0.3, 0.4) is 0 Å². The van der Waals surface area contributed by atoms with E-state index in [-0.39, 0.29) is 11.8 Å². The molecule has 1 aromatic heterocycles. The molecule has 50 heavy (non-hydrogen) atoms. The highest BCUT2D eigenvalue weighted by atomic mass is 35.5. The molecule has 5 rings (SSSR count). The molecule has 3 aromatic carbocycles. The summed E-state index contributed by atoms with van der Waals surface area (Å²) >= 11 is 7.52. The summed E-state index contributed by atoms with van der Waals surface area (Å²) in [6.45, 7) is 6.09. The minimum atomic E-state index is -0.965. The van der Waals surface area contributed by atoms with Crippen molar-refractivity contribution in [3.63, 3.8) is 0 Å². The van der Waals surface area contributed by atoms with Crippen molar-refractivity contribution in [3.8, 4) is 11.5 Å². The van der Waals surface area contributed by atoms with Crippen LogP contribution in [0.25, 0.3) is 10.9 Å². The van der Waals surface area contributed by atoms with Gasteiger partial charge in [-0.25, -0.2) is 0 Å². The maximum Gasteiger partial charge on any atom is 0.311 e. The lowest BCUT2D eigenvalue weighted by Crippen LogP contribution is -2.29. The van der Waals surface area contributed by atoms with E-state index in [1.165, 1.54) is 36.6 Å². The van der Waals surface area contributed by atoms with E-state index in [0.29, 0.717) is 82.4 Å². The van der Waals surface area contributed by atoms with Crippen LogP contribution in [0, 0.1) is 6.92 Å². The van der Waals surface area contributed by atoms with Crippen LogP contribution < -0.4 is 14.8 Å². The number of fused-ring (bicyclic) bond motifs is 1. The lowest BCUT2D eigenvalue weighted by molar-refractivity contribution is -0.139. The zero-order chi connectivity index (χ0) is 35.5. The first-order valence-electron chi connectivity index (χ1n) is 17.3. The molecule has 0 bridgehead atoms. The maximum absolute atomic E-state index is 13.7. The van der Waals surface area contributed by atoms with Gasteiger partial charge < -0.3 is 19.9 Å². The van der Waals surface area contributed by atoms with Crippen molar-refractivity contribution < 1.29 is 29.0 Å². The molecule has 1 atom stereocenters. The summed E-state index contributed by atoms with van der Waals surface area (Å²) in [5.41, 5.74) is 3.48. The molecule has 1 saturated heterocycles. The van der Waals surface area contributed by atoms with E-state index in [4.69, 9.17) is 21.1 Å². The molecule has 0 radical (unpaired) electrons. The molecule has 0 spiro atoms. The molecule has 4 aromatic rings. The Hall–Kier alpha value is -3.99. The minimum Gasteiger partial charge on any atom is -0.497 e. The van der Waals surface area contributed by atoms with Crippen LogP contribution in [0.15, 0.2) is 66.7 Å². The number of likely N-dealkylation sites (tertiary alicyclic amines) is 1. The molecule has 2 heterocycles. The summed E-state index contributed by atoms with van der Waals surface area (Å²) in [6.07, 6.45) is 5.50. The Morgan fingerprint density at radius 3 is 2.50 bits per heavy atom. The van der Waals surface area contributed by atoms with Gasteiger partial charge in [0, 0.05) is 34.8 Å². The van der Waals surface area contributed by atoms with Gasteiger partial charge in [0.05, 0.1) is 30.9 Å². The predicted molar refractivity (Wildman–Crippen MR) is 200 cm³/mol. The van der Waals surface area contributed by atoms with Crippen LogP contribution in [0.2, 0.25) is 5.02 Å². The lowest BCUT2D eigenvalue weighted by atomic mass is 9.92. The highest BCUT2D eigenvalue weighted by molar-refractivity contribution is 7.99. The highest BCUT2D eigenvalue weighted by Gasteiger charge is 2.29. The molecule has 9 nitrogen and oxygen atoms in total. The quantitative estimate of drug-likeness (QED) is 0.108. The van der Waals surface area contributed by atoms with Crippen molar-refractivity contribution in [1.29, 1.82) is 0 Å². The summed E-state index contributed by atoms with van der Waals surface area (Å²) in [7, 11) is 1.55. The van der Waals surface area contributed by atoms with E-state index < -0.39 is 11.9 Å². The van der Waals surface area contributed by atoms with Gasteiger partial charge in [-0.1, -0.05) is 30.2 Å². The molecule has 2 N–H and O–H groups in total. The van der Waals surface area contributed by atoms with Gasteiger partial charge in [0.1, 0.15) is 11.5 Å². The van der Waals surface area contributed by atoms with Gasteiger partial charge >= 0.3 is 5.97 Å². The molecule has 266 valence electrons. The van der Waals surface area contributed by atoms with Gasteiger partial charge in [-0.05, 0) is 124 Å². The Kier molecular flexibility index (Phi) is 13.6. The summed E-state index contributed by atoms with van der Waals surface area (Å²) in [4.78, 5) is 41.3. The Morgan fingerprint density at radius 2 is 1.76 bits per heavy atom. The number of halogens is 1. The number of rotatable bonds is 17.